The molecule has 9 heteroatoms. The Labute approximate surface area is 151 Å². The smallest absolute Gasteiger partial charge is 0.239 e. The van der Waals surface area contributed by atoms with Crippen molar-refractivity contribution in [2.24, 2.45) is 13.0 Å². The van der Waals surface area contributed by atoms with E-state index in [4.69, 9.17) is 0 Å². The summed E-state index contributed by atoms with van der Waals surface area (Å²) < 4.78 is 1.73. The molecule has 0 spiro atoms. The highest BCUT2D eigenvalue weighted by atomic mass is 16.2. The highest BCUT2D eigenvalue weighted by Gasteiger charge is 2.35. The zero-order valence-corrected chi connectivity index (χ0v) is 15.1. The Morgan fingerprint density at radius 3 is 2.65 bits per heavy atom. The third-order valence-electron chi connectivity index (χ3n) is 5.40. The number of Topliss-reactive ketones (excluding diaryl/α,β-unsaturated/α-hetero) is 1. The van der Waals surface area contributed by atoms with E-state index in [0.29, 0.717) is 26.1 Å². The van der Waals surface area contributed by atoms with Crippen molar-refractivity contribution in [1.82, 2.24) is 30.0 Å². The van der Waals surface area contributed by atoms with Gasteiger partial charge < -0.3 is 15.1 Å². The normalized spacial score (nSPS) is 23.6. The lowest BCUT2D eigenvalue weighted by molar-refractivity contribution is -0.133. The fraction of sp³-hybridized carbons (Fsp3) is 0.588. The maximum Gasteiger partial charge on any atom is 0.239 e. The number of nitrogens with one attached hydrogen (secondary N) is 1. The first-order chi connectivity index (χ1) is 12.5. The number of carbonyl (C=O) groups is 2. The zero-order chi connectivity index (χ0) is 18.3. The zero-order valence-electron chi connectivity index (χ0n) is 15.1. The van der Waals surface area contributed by atoms with Crippen LogP contribution in [-0.2, 0) is 16.6 Å². The van der Waals surface area contributed by atoms with Crippen LogP contribution in [0.1, 0.15) is 13.3 Å². The summed E-state index contributed by atoms with van der Waals surface area (Å²) in [5, 5.41) is 8.38. The van der Waals surface area contributed by atoms with Crippen LogP contribution in [0.25, 0.3) is 11.0 Å². The Balaban J connectivity index is 1.41. The molecule has 1 amide bonds. The molecule has 0 bridgehead atoms. The predicted molar refractivity (Wildman–Crippen MR) is 95.7 cm³/mol. The fourth-order valence-corrected chi connectivity index (χ4v) is 3.79. The summed E-state index contributed by atoms with van der Waals surface area (Å²) >= 11 is 0. The molecule has 2 unspecified atom stereocenters. The number of aromatic nitrogens is 4. The van der Waals surface area contributed by atoms with Gasteiger partial charge in [0.1, 0.15) is 17.9 Å². The second-order valence-electron chi connectivity index (χ2n) is 7.02. The molecule has 2 atom stereocenters. The Hall–Kier alpha value is -2.55. The lowest BCUT2D eigenvalue weighted by Crippen LogP contribution is -2.53. The van der Waals surface area contributed by atoms with Gasteiger partial charge in [-0.25, -0.2) is 9.97 Å². The third kappa shape index (κ3) is 2.92. The Morgan fingerprint density at radius 2 is 1.96 bits per heavy atom. The molecule has 0 aromatic carbocycles. The van der Waals surface area contributed by atoms with Crippen LogP contribution in [0, 0.1) is 5.92 Å². The Morgan fingerprint density at radius 1 is 1.19 bits per heavy atom. The van der Waals surface area contributed by atoms with Gasteiger partial charge in [0.05, 0.1) is 17.6 Å². The van der Waals surface area contributed by atoms with Crippen LogP contribution in [-0.4, -0.2) is 75.1 Å². The molecule has 0 saturated carbocycles. The molecule has 2 saturated heterocycles. The summed E-state index contributed by atoms with van der Waals surface area (Å²) in [6, 6.07) is -0.237. The van der Waals surface area contributed by atoms with Crippen LogP contribution in [0.2, 0.25) is 0 Å². The van der Waals surface area contributed by atoms with E-state index in [2.05, 4.69) is 25.3 Å². The second-order valence-corrected chi connectivity index (χ2v) is 7.02. The van der Waals surface area contributed by atoms with Gasteiger partial charge in [-0.2, -0.15) is 5.10 Å². The molecule has 2 aromatic heterocycles. The largest absolute Gasteiger partial charge is 0.352 e. The first-order valence-electron chi connectivity index (χ1n) is 8.95. The number of fused-ring (bicyclic) bond motifs is 1. The van der Waals surface area contributed by atoms with Crippen LogP contribution >= 0.6 is 0 Å². The van der Waals surface area contributed by atoms with E-state index in [1.54, 1.807) is 24.1 Å². The van der Waals surface area contributed by atoms with E-state index >= 15 is 0 Å². The number of rotatable bonds is 3. The van der Waals surface area contributed by atoms with Crippen LogP contribution < -0.4 is 10.2 Å². The van der Waals surface area contributed by atoms with Crippen LogP contribution in [0.5, 0.6) is 0 Å². The minimum atomic E-state index is -0.237. The van der Waals surface area contributed by atoms with Gasteiger partial charge in [-0.15, -0.1) is 0 Å². The number of piperazine rings is 1. The monoisotopic (exact) mass is 357 g/mol. The number of anilines is 1. The van der Waals surface area contributed by atoms with Gasteiger partial charge in [0.15, 0.2) is 5.65 Å². The number of nitrogens with zero attached hydrogens (tertiary/aromatic N) is 6. The summed E-state index contributed by atoms with van der Waals surface area (Å²) in [5.41, 5.74) is 0.805. The molecule has 0 radical (unpaired) electrons. The first kappa shape index (κ1) is 16.9. The van der Waals surface area contributed by atoms with E-state index in [9.17, 15) is 9.59 Å². The molecule has 138 valence electrons. The minimum absolute atomic E-state index is 0.0369. The molecule has 0 aliphatic carbocycles. The maximum atomic E-state index is 12.7. The van der Waals surface area contributed by atoms with Crippen molar-refractivity contribution < 1.29 is 9.59 Å². The summed E-state index contributed by atoms with van der Waals surface area (Å²) in [6.45, 7) is 4.93. The molecule has 2 aliphatic heterocycles. The summed E-state index contributed by atoms with van der Waals surface area (Å²) in [6.07, 6.45) is 3.95. The lowest BCUT2D eigenvalue weighted by atomic mass is 10.0. The summed E-state index contributed by atoms with van der Waals surface area (Å²) in [5.74, 6) is 1.08. The fourth-order valence-electron chi connectivity index (χ4n) is 3.79. The van der Waals surface area contributed by atoms with Gasteiger partial charge >= 0.3 is 0 Å². The number of aryl methyl sites for hydroxylation is 1. The van der Waals surface area contributed by atoms with Gasteiger partial charge in [-0.3, -0.25) is 14.3 Å². The van der Waals surface area contributed by atoms with E-state index in [1.807, 2.05) is 11.9 Å². The van der Waals surface area contributed by atoms with Crippen molar-refractivity contribution in [3.63, 3.8) is 0 Å². The Kier molecular flexibility index (Phi) is 4.31. The maximum absolute atomic E-state index is 12.7. The van der Waals surface area contributed by atoms with Crippen molar-refractivity contribution in [1.29, 1.82) is 0 Å². The number of hydrogen-bond acceptors (Lipinski definition) is 7. The molecule has 2 aliphatic rings. The SMILES string of the molecule is CC(=O)C1CNC(C(=O)N2CCN(c3ncnc4c3cnn4C)CC2)C1. The molecular formula is C17H23N7O2. The average Bonchev–Trinajstić information content (AvgIpc) is 3.29. The summed E-state index contributed by atoms with van der Waals surface area (Å²) in [7, 11) is 1.86. The quantitative estimate of drug-likeness (QED) is 0.797. The third-order valence-corrected chi connectivity index (χ3v) is 5.40. The van der Waals surface area contributed by atoms with Crippen LogP contribution in [0.4, 0.5) is 5.82 Å². The number of carbonyl (C=O) groups excluding carboxylic acids is 2. The van der Waals surface area contributed by atoms with Crippen molar-refractivity contribution in [2.45, 2.75) is 19.4 Å². The van der Waals surface area contributed by atoms with E-state index in [1.165, 1.54) is 0 Å². The minimum Gasteiger partial charge on any atom is -0.352 e. The molecule has 2 fully saturated rings. The van der Waals surface area contributed by atoms with Crippen LogP contribution in [0.15, 0.2) is 12.5 Å². The van der Waals surface area contributed by atoms with Crippen molar-refractivity contribution >= 4 is 28.5 Å². The van der Waals surface area contributed by atoms with E-state index < -0.39 is 0 Å². The van der Waals surface area contributed by atoms with Crippen molar-refractivity contribution in [3.8, 4) is 0 Å². The lowest BCUT2D eigenvalue weighted by Gasteiger charge is -2.36. The number of hydrogen-bond donors (Lipinski definition) is 1. The van der Waals surface area contributed by atoms with Gasteiger partial charge in [0.25, 0.3) is 0 Å². The summed E-state index contributed by atoms with van der Waals surface area (Å²) in [4.78, 5) is 37.0. The molecule has 4 heterocycles. The van der Waals surface area contributed by atoms with Crippen molar-refractivity contribution in [3.05, 3.63) is 12.5 Å². The standard InChI is InChI=1S/C17H23N7O2/c1-11(25)12-7-14(18-8-12)17(26)24-5-3-23(4-6-24)16-13-9-21-22(2)15(13)19-10-20-16/h9-10,12,14,18H,3-8H2,1-2H3. The highest BCUT2D eigenvalue weighted by molar-refractivity contribution is 5.87. The van der Waals surface area contributed by atoms with Crippen molar-refractivity contribution in [2.75, 3.05) is 37.6 Å². The Bertz CT molecular complexity index is 841. The average molecular weight is 357 g/mol. The molecule has 9 nitrogen and oxygen atoms in total. The topological polar surface area (TPSA) is 96.2 Å². The molecule has 26 heavy (non-hydrogen) atoms. The van der Waals surface area contributed by atoms with Gasteiger partial charge in [0, 0.05) is 45.7 Å². The van der Waals surface area contributed by atoms with Gasteiger partial charge in [-0.05, 0) is 13.3 Å². The van der Waals surface area contributed by atoms with Gasteiger partial charge in [-0.1, -0.05) is 0 Å². The van der Waals surface area contributed by atoms with E-state index in [0.717, 1.165) is 29.9 Å². The number of amides is 1. The van der Waals surface area contributed by atoms with E-state index in [-0.39, 0.29) is 23.7 Å². The van der Waals surface area contributed by atoms with Crippen LogP contribution in [0.3, 0.4) is 0 Å². The molecular weight excluding hydrogens is 334 g/mol. The molecule has 1 N–H and O–H groups in total. The number of ketones is 1. The molecule has 4 rings (SSSR count). The molecule has 2 aromatic rings. The second kappa shape index (κ2) is 6.64. The predicted octanol–water partition coefficient (Wildman–Crippen LogP) is -0.421. The first-order valence-corrected chi connectivity index (χ1v) is 8.95. The highest BCUT2D eigenvalue weighted by Crippen LogP contribution is 2.24. The van der Waals surface area contributed by atoms with Gasteiger partial charge in [0.2, 0.25) is 5.91 Å².